The van der Waals surface area contributed by atoms with Crippen molar-refractivity contribution < 1.29 is 58.2 Å². The topological polar surface area (TPSA) is 99.0 Å². The number of aromatic nitrogens is 4. The number of fused-ring (bicyclic) bond motifs is 1. The van der Waals surface area contributed by atoms with Gasteiger partial charge in [-0.1, -0.05) is 6.07 Å². The molecule has 52 heavy (non-hydrogen) atoms. The molecule has 2 aromatic heterocycles. The molecule has 2 aromatic carbocycles. The highest BCUT2D eigenvalue weighted by molar-refractivity contribution is 5.95. The fraction of sp³-hybridized carbons (Fsp3) is 0.382. The lowest BCUT2D eigenvalue weighted by Gasteiger charge is -2.29. The summed E-state index contributed by atoms with van der Waals surface area (Å²) in [6, 6.07) is 5.88. The summed E-state index contributed by atoms with van der Waals surface area (Å²) < 4.78 is 149. The fourth-order valence-electron chi connectivity index (χ4n) is 6.08. The normalized spacial score (nSPS) is 15.6. The molecule has 2 heterocycles. The highest BCUT2D eigenvalue weighted by Gasteiger charge is 2.57. The van der Waals surface area contributed by atoms with Gasteiger partial charge in [0.25, 0.3) is 11.8 Å². The Hall–Kier alpha value is -4.87. The molecule has 4 aromatic rings. The lowest BCUT2D eigenvalue weighted by atomic mass is 9.86. The molecule has 0 radical (unpaired) electrons. The molecule has 8 nitrogen and oxygen atoms in total. The Bertz CT molecular complexity index is 1980. The number of nitrogens with one attached hydrogen (secondary N) is 1. The zero-order chi connectivity index (χ0) is 38.2. The maximum atomic E-state index is 15.0. The molecule has 0 fully saturated rings. The van der Waals surface area contributed by atoms with E-state index in [1.165, 1.54) is 25.4 Å². The zero-order valence-corrected chi connectivity index (χ0v) is 27.4. The van der Waals surface area contributed by atoms with E-state index in [2.05, 4.69) is 20.4 Å². The third-order valence-electron chi connectivity index (χ3n) is 8.34. The molecule has 1 aliphatic rings. The van der Waals surface area contributed by atoms with Gasteiger partial charge in [0, 0.05) is 56.7 Å². The third-order valence-corrected chi connectivity index (χ3v) is 8.34. The number of halogens is 10. The quantitative estimate of drug-likeness (QED) is 0.0842. The van der Waals surface area contributed by atoms with Gasteiger partial charge >= 0.3 is 6.18 Å². The molecular formula is C34H29F10N5O3. The number of benzene rings is 2. The maximum Gasteiger partial charge on any atom is 0.435 e. The molecule has 0 spiro atoms. The van der Waals surface area contributed by atoms with Crippen molar-refractivity contribution in [3.8, 4) is 11.1 Å². The highest BCUT2D eigenvalue weighted by Crippen LogP contribution is 2.53. The zero-order valence-electron chi connectivity index (χ0n) is 27.4. The van der Waals surface area contributed by atoms with E-state index in [9.17, 15) is 44.7 Å². The first-order chi connectivity index (χ1) is 24.3. The first-order valence-corrected chi connectivity index (χ1v) is 15.6. The predicted molar refractivity (Wildman–Crippen MR) is 164 cm³/mol. The van der Waals surface area contributed by atoms with Crippen LogP contribution in [0.3, 0.4) is 0 Å². The average molecular weight is 746 g/mol. The number of methoxy groups -OCH3 is 1. The van der Waals surface area contributed by atoms with Crippen LogP contribution in [0.25, 0.3) is 11.1 Å². The Morgan fingerprint density at radius 2 is 1.67 bits per heavy atom. The number of anilines is 1. The van der Waals surface area contributed by atoms with Crippen molar-refractivity contribution in [3.63, 3.8) is 0 Å². The van der Waals surface area contributed by atoms with Gasteiger partial charge in [0.05, 0.1) is 23.4 Å². The lowest BCUT2D eigenvalue weighted by molar-refractivity contribution is -0.149. The summed E-state index contributed by atoms with van der Waals surface area (Å²) in [5.74, 6) is -14.4. The van der Waals surface area contributed by atoms with Gasteiger partial charge in [-0.2, -0.15) is 27.1 Å². The van der Waals surface area contributed by atoms with Crippen LogP contribution in [0, 0.1) is 17.5 Å². The SMILES string of the molecule is COCCNc1ncc(-c2ccc(F)c(C(C)=O)c2)c([C@@H](CC(=O)Cn2nc(C(F)(F)F)c3c2C(F)(F)CCC3(F)F)Cc2cc(F)cc(F)c2)n1. The van der Waals surface area contributed by atoms with Crippen LogP contribution in [0.1, 0.15) is 70.7 Å². The Morgan fingerprint density at radius 3 is 2.31 bits per heavy atom. The molecule has 0 unspecified atom stereocenters. The minimum Gasteiger partial charge on any atom is -0.383 e. The minimum absolute atomic E-state index is 0.0284. The van der Waals surface area contributed by atoms with Crippen molar-refractivity contribution in [2.24, 2.45) is 0 Å². The van der Waals surface area contributed by atoms with Crippen molar-refractivity contribution >= 4 is 17.5 Å². The number of rotatable bonds is 13. The molecule has 18 heteroatoms. The molecule has 0 saturated carbocycles. The van der Waals surface area contributed by atoms with E-state index in [0.717, 1.165) is 25.1 Å². The van der Waals surface area contributed by atoms with E-state index in [0.29, 0.717) is 6.07 Å². The molecule has 0 amide bonds. The van der Waals surface area contributed by atoms with E-state index in [4.69, 9.17) is 4.74 Å². The summed E-state index contributed by atoms with van der Waals surface area (Å²) in [5, 5.41) is 5.89. The molecule has 278 valence electrons. The number of hydrogen-bond acceptors (Lipinski definition) is 7. The highest BCUT2D eigenvalue weighted by atomic mass is 19.4. The van der Waals surface area contributed by atoms with E-state index < -0.39 is 95.7 Å². The number of nitrogens with zero attached hydrogens (tertiary/aromatic N) is 4. The van der Waals surface area contributed by atoms with Crippen LogP contribution in [0.2, 0.25) is 0 Å². The van der Waals surface area contributed by atoms with Crippen molar-refractivity contribution in [3.05, 3.63) is 93.8 Å². The van der Waals surface area contributed by atoms with Crippen LogP contribution in [-0.2, 0) is 40.5 Å². The van der Waals surface area contributed by atoms with Crippen molar-refractivity contribution in [2.45, 2.75) is 63.1 Å². The van der Waals surface area contributed by atoms with Crippen LogP contribution in [-0.4, -0.2) is 51.6 Å². The number of Topliss-reactive ketones (excluding diaryl/α,β-unsaturated/α-hetero) is 2. The summed E-state index contributed by atoms with van der Waals surface area (Å²) >= 11 is 0. The van der Waals surface area contributed by atoms with Gasteiger partial charge in [-0.15, -0.1) is 0 Å². The Kier molecular flexibility index (Phi) is 10.8. The first kappa shape index (κ1) is 38.4. The van der Waals surface area contributed by atoms with Crippen LogP contribution in [0.4, 0.5) is 49.9 Å². The molecule has 0 saturated heterocycles. The summed E-state index contributed by atoms with van der Waals surface area (Å²) in [4.78, 5) is 34.5. The summed E-state index contributed by atoms with van der Waals surface area (Å²) in [6.45, 7) is 0.148. The number of carbonyl (C=O) groups is 2. The Balaban J connectivity index is 1.63. The number of hydrogen-bond donors (Lipinski definition) is 1. The van der Waals surface area contributed by atoms with E-state index >= 15 is 8.78 Å². The van der Waals surface area contributed by atoms with Crippen LogP contribution < -0.4 is 5.32 Å². The second-order valence-electron chi connectivity index (χ2n) is 12.2. The summed E-state index contributed by atoms with van der Waals surface area (Å²) in [5.41, 5.74) is -6.16. The monoisotopic (exact) mass is 745 g/mol. The number of alkyl halides is 7. The second-order valence-corrected chi connectivity index (χ2v) is 12.2. The summed E-state index contributed by atoms with van der Waals surface area (Å²) in [6.07, 6.45) is -8.58. The van der Waals surface area contributed by atoms with Gasteiger partial charge in [0.15, 0.2) is 17.3 Å². The van der Waals surface area contributed by atoms with E-state index in [-0.39, 0.29) is 58.2 Å². The van der Waals surface area contributed by atoms with Gasteiger partial charge in [0.2, 0.25) is 5.95 Å². The smallest absolute Gasteiger partial charge is 0.383 e. The minimum atomic E-state index is -5.57. The van der Waals surface area contributed by atoms with Crippen molar-refractivity contribution in [1.29, 1.82) is 0 Å². The largest absolute Gasteiger partial charge is 0.435 e. The number of carbonyl (C=O) groups excluding carboxylic acids is 2. The molecule has 5 rings (SSSR count). The summed E-state index contributed by atoms with van der Waals surface area (Å²) in [7, 11) is 1.42. The van der Waals surface area contributed by atoms with Crippen LogP contribution in [0.5, 0.6) is 0 Å². The predicted octanol–water partition coefficient (Wildman–Crippen LogP) is 8.00. The second kappa shape index (κ2) is 14.6. The molecular weight excluding hydrogens is 716 g/mol. The van der Waals surface area contributed by atoms with Gasteiger partial charge in [-0.3, -0.25) is 14.3 Å². The maximum absolute atomic E-state index is 15.0. The van der Waals surface area contributed by atoms with Gasteiger partial charge in [-0.05, 0) is 48.7 Å². The first-order valence-electron chi connectivity index (χ1n) is 15.6. The van der Waals surface area contributed by atoms with E-state index in [1.807, 2.05) is 0 Å². The van der Waals surface area contributed by atoms with Crippen molar-refractivity contribution in [1.82, 2.24) is 19.7 Å². The van der Waals surface area contributed by atoms with E-state index in [1.54, 1.807) is 0 Å². The molecule has 0 bridgehead atoms. The molecule has 1 aliphatic carbocycles. The third kappa shape index (κ3) is 8.26. The standard InChI is InChI=1S/C34H29F10N5O3/c1-17(50)24-13-19(3-4-26(24)37)25-15-46-31(45-7-8-52-2)47-28(25)20(9-18-10-21(35)14-22(36)11-18)12-23(51)16-49-30-27(29(48-49)34(42,43)44)32(38,39)5-6-33(30,40)41/h3-4,10-11,13-15,20H,5-9,12,16H2,1-2H3,(H,45,46,47)/t20-/m1/s1. The molecule has 1 N–H and O–H groups in total. The van der Waals surface area contributed by atoms with Gasteiger partial charge in [0.1, 0.15) is 29.7 Å². The van der Waals surface area contributed by atoms with Gasteiger partial charge < -0.3 is 10.1 Å². The lowest BCUT2D eigenvalue weighted by Crippen LogP contribution is -2.34. The Morgan fingerprint density at radius 1 is 1.00 bits per heavy atom. The average Bonchev–Trinajstić information content (AvgIpc) is 3.45. The molecule has 0 aliphatic heterocycles. The fourth-order valence-corrected chi connectivity index (χ4v) is 6.08. The number of ether oxygens (including phenoxy) is 1. The van der Waals surface area contributed by atoms with Crippen LogP contribution in [0.15, 0.2) is 42.6 Å². The number of ketones is 2. The molecule has 1 atom stereocenters. The van der Waals surface area contributed by atoms with Gasteiger partial charge in [-0.25, -0.2) is 31.9 Å². The van der Waals surface area contributed by atoms with Crippen molar-refractivity contribution in [2.75, 3.05) is 25.6 Å². The van der Waals surface area contributed by atoms with Crippen LogP contribution >= 0.6 is 0 Å². The Labute approximate surface area is 289 Å².